The summed E-state index contributed by atoms with van der Waals surface area (Å²) < 4.78 is 24.5. The van der Waals surface area contributed by atoms with E-state index in [1.165, 1.54) is 38.4 Å². The molecule has 0 aromatic rings. The van der Waals surface area contributed by atoms with E-state index in [-0.39, 0.29) is 24.0 Å². The van der Waals surface area contributed by atoms with Crippen LogP contribution in [0.25, 0.3) is 0 Å². The van der Waals surface area contributed by atoms with Gasteiger partial charge in [-0.3, -0.25) is 4.99 Å². The first kappa shape index (κ1) is 22.9. The second-order valence-corrected chi connectivity index (χ2v) is 8.04. The fourth-order valence-corrected chi connectivity index (χ4v) is 3.40. The number of halogens is 1. The summed E-state index contributed by atoms with van der Waals surface area (Å²) in [5.74, 6) is 0.835. The first-order valence-electron chi connectivity index (χ1n) is 8.37. The maximum Gasteiger partial charge on any atom is 0.208 e. The molecule has 0 unspecified atom stereocenters. The first-order chi connectivity index (χ1) is 10.4. The number of nitrogens with one attached hydrogen (secondary N) is 3. The SMILES string of the molecule is CCNC(=NCC1(CC)CCCC1)NCCCNS(C)(=O)=O.I. The molecule has 1 fully saturated rings. The Balaban J connectivity index is 0.00000484. The largest absolute Gasteiger partial charge is 0.357 e. The van der Waals surface area contributed by atoms with Crippen molar-refractivity contribution < 1.29 is 8.42 Å². The molecule has 0 radical (unpaired) electrons. The average Bonchev–Trinajstić information content (AvgIpc) is 2.92. The molecule has 8 heteroatoms. The Kier molecular flexibility index (Phi) is 11.4. The number of rotatable bonds is 9. The summed E-state index contributed by atoms with van der Waals surface area (Å²) in [7, 11) is -3.09. The highest BCUT2D eigenvalue weighted by molar-refractivity contribution is 14.0. The van der Waals surface area contributed by atoms with Crippen LogP contribution < -0.4 is 15.4 Å². The van der Waals surface area contributed by atoms with Gasteiger partial charge in [-0.25, -0.2) is 13.1 Å². The monoisotopic (exact) mass is 460 g/mol. The standard InChI is InChI=1S/C15H32N4O2S.HI/c1-4-15(9-6-7-10-15)13-18-14(16-5-2)17-11-8-12-19-22(3,20)21;/h19H,4-13H2,1-3H3,(H2,16,17,18);1H. The number of sulfonamides is 1. The predicted molar refractivity (Wildman–Crippen MR) is 108 cm³/mol. The molecular weight excluding hydrogens is 427 g/mol. The predicted octanol–water partition coefficient (Wildman–Crippen LogP) is 2.07. The summed E-state index contributed by atoms with van der Waals surface area (Å²) in [5.41, 5.74) is 0.389. The topological polar surface area (TPSA) is 82.6 Å². The molecule has 0 spiro atoms. The Hall–Kier alpha value is -0.0900. The van der Waals surface area contributed by atoms with Gasteiger partial charge in [-0.2, -0.15) is 0 Å². The zero-order valence-corrected chi connectivity index (χ0v) is 17.8. The van der Waals surface area contributed by atoms with Crippen LogP contribution in [0.2, 0.25) is 0 Å². The van der Waals surface area contributed by atoms with Gasteiger partial charge in [-0.05, 0) is 38.0 Å². The van der Waals surface area contributed by atoms with Crippen molar-refractivity contribution in [3.63, 3.8) is 0 Å². The smallest absolute Gasteiger partial charge is 0.208 e. The van der Waals surface area contributed by atoms with Gasteiger partial charge in [-0.1, -0.05) is 19.8 Å². The molecule has 1 saturated carbocycles. The molecular formula is C15H33IN4O2S. The van der Waals surface area contributed by atoms with E-state index in [2.05, 4.69) is 22.3 Å². The van der Waals surface area contributed by atoms with E-state index in [0.717, 1.165) is 25.5 Å². The average molecular weight is 460 g/mol. The molecule has 0 atom stereocenters. The van der Waals surface area contributed by atoms with Gasteiger partial charge in [0.15, 0.2) is 5.96 Å². The maximum atomic E-state index is 11.0. The molecule has 0 heterocycles. The molecule has 0 aliphatic heterocycles. The molecule has 138 valence electrons. The van der Waals surface area contributed by atoms with Gasteiger partial charge in [0.2, 0.25) is 10.0 Å². The van der Waals surface area contributed by atoms with Crippen LogP contribution in [0.1, 0.15) is 52.4 Å². The quantitative estimate of drug-likeness (QED) is 0.213. The van der Waals surface area contributed by atoms with Crippen molar-refractivity contribution in [1.29, 1.82) is 0 Å². The van der Waals surface area contributed by atoms with Gasteiger partial charge in [0.05, 0.1) is 6.26 Å². The molecule has 1 aliphatic rings. The molecule has 0 amide bonds. The van der Waals surface area contributed by atoms with Crippen molar-refractivity contribution in [3.05, 3.63) is 0 Å². The fourth-order valence-electron chi connectivity index (χ4n) is 2.89. The van der Waals surface area contributed by atoms with E-state index in [4.69, 9.17) is 4.99 Å². The van der Waals surface area contributed by atoms with Gasteiger partial charge in [0, 0.05) is 26.2 Å². The number of nitrogens with zero attached hydrogens (tertiary/aromatic N) is 1. The Bertz CT molecular complexity index is 448. The van der Waals surface area contributed by atoms with Crippen LogP contribution in [0.4, 0.5) is 0 Å². The Morgan fingerprint density at radius 3 is 2.30 bits per heavy atom. The van der Waals surface area contributed by atoms with E-state index < -0.39 is 10.0 Å². The van der Waals surface area contributed by atoms with E-state index in [1.807, 2.05) is 6.92 Å². The van der Waals surface area contributed by atoms with Crippen molar-refractivity contribution in [2.45, 2.75) is 52.4 Å². The van der Waals surface area contributed by atoms with E-state index >= 15 is 0 Å². The summed E-state index contributed by atoms with van der Waals surface area (Å²) in [5, 5.41) is 6.53. The van der Waals surface area contributed by atoms with E-state index in [9.17, 15) is 8.42 Å². The molecule has 6 nitrogen and oxygen atoms in total. The molecule has 1 rings (SSSR count). The van der Waals surface area contributed by atoms with Crippen molar-refractivity contribution in [2.75, 3.05) is 32.4 Å². The van der Waals surface area contributed by atoms with Crippen molar-refractivity contribution >= 4 is 40.0 Å². The summed E-state index contributed by atoms with van der Waals surface area (Å²) >= 11 is 0. The lowest BCUT2D eigenvalue weighted by Gasteiger charge is -2.25. The van der Waals surface area contributed by atoms with Crippen LogP contribution in [0, 0.1) is 5.41 Å². The van der Waals surface area contributed by atoms with E-state index in [1.54, 1.807) is 0 Å². The van der Waals surface area contributed by atoms with Crippen molar-refractivity contribution in [3.8, 4) is 0 Å². The number of guanidine groups is 1. The summed E-state index contributed by atoms with van der Waals surface area (Å²) in [4.78, 5) is 4.74. The zero-order chi connectivity index (χ0) is 16.5. The Morgan fingerprint density at radius 1 is 1.13 bits per heavy atom. The second kappa shape index (κ2) is 11.5. The van der Waals surface area contributed by atoms with Crippen LogP contribution in [-0.2, 0) is 10.0 Å². The van der Waals surface area contributed by atoms with Crippen LogP contribution >= 0.6 is 24.0 Å². The molecule has 23 heavy (non-hydrogen) atoms. The highest BCUT2D eigenvalue weighted by Crippen LogP contribution is 2.41. The van der Waals surface area contributed by atoms with Crippen molar-refractivity contribution in [2.24, 2.45) is 10.4 Å². The van der Waals surface area contributed by atoms with Gasteiger partial charge in [0.25, 0.3) is 0 Å². The highest BCUT2D eigenvalue weighted by atomic mass is 127. The molecule has 3 N–H and O–H groups in total. The highest BCUT2D eigenvalue weighted by Gasteiger charge is 2.31. The minimum atomic E-state index is -3.09. The summed E-state index contributed by atoms with van der Waals surface area (Å²) in [6.07, 6.45) is 8.31. The Morgan fingerprint density at radius 2 is 1.78 bits per heavy atom. The Labute approximate surface area is 158 Å². The lowest BCUT2D eigenvalue weighted by atomic mass is 9.84. The summed E-state index contributed by atoms with van der Waals surface area (Å²) in [6.45, 7) is 7.16. The number of hydrogen-bond acceptors (Lipinski definition) is 3. The third-order valence-electron chi connectivity index (χ3n) is 4.34. The maximum absolute atomic E-state index is 11.0. The first-order valence-corrected chi connectivity index (χ1v) is 10.3. The van der Waals surface area contributed by atoms with Gasteiger partial charge in [-0.15, -0.1) is 24.0 Å². The molecule has 0 aromatic heterocycles. The lowest BCUT2D eigenvalue weighted by molar-refractivity contribution is 0.297. The van der Waals surface area contributed by atoms with Crippen LogP contribution in [0.3, 0.4) is 0 Å². The normalized spacial score (nSPS) is 17.6. The number of hydrogen-bond donors (Lipinski definition) is 3. The minimum Gasteiger partial charge on any atom is -0.357 e. The van der Waals surface area contributed by atoms with Crippen LogP contribution in [0.5, 0.6) is 0 Å². The third kappa shape index (κ3) is 9.71. The van der Waals surface area contributed by atoms with Gasteiger partial charge in [0.1, 0.15) is 0 Å². The lowest BCUT2D eigenvalue weighted by Crippen LogP contribution is -2.39. The fraction of sp³-hybridized carbons (Fsp3) is 0.933. The zero-order valence-electron chi connectivity index (χ0n) is 14.7. The van der Waals surface area contributed by atoms with E-state index in [0.29, 0.717) is 18.5 Å². The van der Waals surface area contributed by atoms with Crippen LogP contribution in [-0.4, -0.2) is 46.8 Å². The second-order valence-electron chi connectivity index (χ2n) is 6.20. The number of aliphatic imine (C=N–C) groups is 1. The van der Waals surface area contributed by atoms with Gasteiger partial charge >= 0.3 is 0 Å². The molecule has 0 saturated heterocycles. The van der Waals surface area contributed by atoms with Crippen molar-refractivity contribution in [1.82, 2.24) is 15.4 Å². The summed E-state index contributed by atoms with van der Waals surface area (Å²) in [6, 6.07) is 0. The molecule has 1 aliphatic carbocycles. The van der Waals surface area contributed by atoms with Gasteiger partial charge < -0.3 is 10.6 Å². The third-order valence-corrected chi connectivity index (χ3v) is 5.07. The molecule has 0 bridgehead atoms. The van der Waals surface area contributed by atoms with Crippen LogP contribution in [0.15, 0.2) is 4.99 Å². The minimum absolute atomic E-state index is 0. The molecule has 0 aromatic carbocycles.